The summed E-state index contributed by atoms with van der Waals surface area (Å²) < 4.78 is 5.57. The normalized spacial score (nSPS) is 15.8. The number of thiazole rings is 1. The third-order valence-electron chi connectivity index (χ3n) is 6.27. The van der Waals surface area contributed by atoms with Gasteiger partial charge in [0.15, 0.2) is 10.9 Å². The van der Waals surface area contributed by atoms with E-state index in [9.17, 15) is 9.59 Å². The number of benzene rings is 1. The molecule has 2 amide bonds. The number of carbonyl (C=O) groups is 2. The summed E-state index contributed by atoms with van der Waals surface area (Å²) in [5.74, 6) is 0.550. The average Bonchev–Trinajstić information content (AvgIpc) is 3.73. The Morgan fingerprint density at radius 3 is 2.81 bits per heavy atom. The lowest BCUT2D eigenvalue weighted by atomic mass is 10.1. The van der Waals surface area contributed by atoms with Crippen molar-refractivity contribution in [1.29, 1.82) is 0 Å². The van der Waals surface area contributed by atoms with Crippen molar-refractivity contribution in [3.63, 3.8) is 0 Å². The van der Waals surface area contributed by atoms with E-state index < -0.39 is 0 Å². The smallest absolute Gasteiger partial charge is 0.270 e. The number of anilines is 1. The van der Waals surface area contributed by atoms with Crippen molar-refractivity contribution in [2.75, 3.05) is 31.6 Å². The number of carbonyl (C=O) groups excluding carboxylic acids is 2. The van der Waals surface area contributed by atoms with Gasteiger partial charge in [-0.3, -0.25) is 19.4 Å². The Labute approximate surface area is 217 Å². The summed E-state index contributed by atoms with van der Waals surface area (Å²) in [7, 11) is 1.68. The summed E-state index contributed by atoms with van der Waals surface area (Å²) in [5, 5.41) is 11.4. The number of thiophene rings is 1. The molecule has 4 heterocycles. The molecule has 1 unspecified atom stereocenters. The lowest BCUT2D eigenvalue weighted by molar-refractivity contribution is -0.124. The molecule has 4 aromatic rings. The van der Waals surface area contributed by atoms with E-state index in [1.54, 1.807) is 11.9 Å². The summed E-state index contributed by atoms with van der Waals surface area (Å²) >= 11 is 2.83. The van der Waals surface area contributed by atoms with E-state index in [2.05, 4.69) is 15.4 Å². The number of likely N-dealkylation sites (N-methyl/N-ethyl adjacent to an activating group) is 1. The van der Waals surface area contributed by atoms with Gasteiger partial charge >= 0.3 is 0 Å². The molecule has 0 aliphatic carbocycles. The Bertz CT molecular complexity index is 1300. The number of aromatic nitrogens is 2. The molecular formula is C26H27N5O3S2. The van der Waals surface area contributed by atoms with Gasteiger partial charge in [-0.15, -0.1) is 22.7 Å². The zero-order valence-electron chi connectivity index (χ0n) is 19.9. The predicted octanol–water partition coefficient (Wildman–Crippen LogP) is 4.77. The van der Waals surface area contributed by atoms with Crippen molar-refractivity contribution >= 4 is 39.6 Å². The Morgan fingerprint density at radius 2 is 2.03 bits per heavy atom. The van der Waals surface area contributed by atoms with E-state index in [4.69, 9.17) is 9.51 Å². The highest BCUT2D eigenvalue weighted by Gasteiger charge is 2.30. The van der Waals surface area contributed by atoms with Gasteiger partial charge < -0.3 is 9.84 Å². The van der Waals surface area contributed by atoms with Crippen LogP contribution in [0.3, 0.4) is 0 Å². The maximum Gasteiger partial charge on any atom is 0.270 e. The van der Waals surface area contributed by atoms with Gasteiger partial charge in [-0.2, -0.15) is 0 Å². The van der Waals surface area contributed by atoms with Gasteiger partial charge in [0.05, 0.1) is 10.9 Å². The standard InChI is InChI=1S/C26H27N5O3S2/c1-27-24(32)21-10-5-12-30(21)13-7-14-31(25(33)23-11-6-15-35-23)26-28-20(17-36-26)22-16-19(29-34-22)18-8-3-2-4-9-18/h2-4,6,8-9,11,15-17,21H,5,7,10,12-14H2,1H3,(H,27,32). The topological polar surface area (TPSA) is 91.6 Å². The third kappa shape index (κ3) is 5.25. The second kappa shape index (κ2) is 11.2. The number of hydrogen-bond acceptors (Lipinski definition) is 8. The molecule has 10 heteroatoms. The number of nitrogens with zero attached hydrogens (tertiary/aromatic N) is 4. The van der Waals surface area contributed by atoms with Crippen LogP contribution in [0.2, 0.25) is 0 Å². The SMILES string of the molecule is CNC(=O)C1CCCN1CCCN(C(=O)c1cccs1)c1nc(-c2cc(-c3ccccc3)no2)cs1. The van der Waals surface area contributed by atoms with Crippen LogP contribution in [-0.4, -0.2) is 59.6 Å². The molecule has 1 aliphatic rings. The van der Waals surface area contributed by atoms with Gasteiger partial charge in [-0.25, -0.2) is 4.98 Å². The first-order valence-electron chi connectivity index (χ1n) is 11.9. The highest BCUT2D eigenvalue weighted by Crippen LogP contribution is 2.31. The van der Waals surface area contributed by atoms with E-state index in [1.807, 2.05) is 59.3 Å². The van der Waals surface area contributed by atoms with Crippen LogP contribution in [0.15, 0.2) is 63.8 Å². The second-order valence-corrected chi connectivity index (χ2v) is 10.3. The minimum Gasteiger partial charge on any atom is -0.358 e. The molecule has 0 radical (unpaired) electrons. The molecule has 1 aromatic carbocycles. The first-order chi connectivity index (χ1) is 17.6. The Kier molecular flexibility index (Phi) is 7.55. The van der Waals surface area contributed by atoms with Crippen molar-refractivity contribution in [3.05, 3.63) is 64.2 Å². The van der Waals surface area contributed by atoms with Gasteiger partial charge in [0.2, 0.25) is 5.91 Å². The number of hydrogen-bond donors (Lipinski definition) is 1. The number of likely N-dealkylation sites (tertiary alicyclic amines) is 1. The number of rotatable bonds is 9. The molecule has 3 aromatic heterocycles. The van der Waals surface area contributed by atoms with Crippen LogP contribution in [-0.2, 0) is 4.79 Å². The molecule has 1 saturated heterocycles. The maximum atomic E-state index is 13.4. The maximum absolute atomic E-state index is 13.4. The lowest BCUT2D eigenvalue weighted by Gasteiger charge is -2.25. The van der Waals surface area contributed by atoms with Crippen LogP contribution in [0.25, 0.3) is 22.7 Å². The van der Waals surface area contributed by atoms with Crippen molar-refractivity contribution in [1.82, 2.24) is 20.4 Å². The molecule has 8 nitrogen and oxygen atoms in total. The first-order valence-corrected chi connectivity index (χ1v) is 13.7. The quantitative estimate of drug-likeness (QED) is 0.341. The van der Waals surface area contributed by atoms with E-state index >= 15 is 0 Å². The molecule has 0 saturated carbocycles. The second-order valence-electron chi connectivity index (χ2n) is 8.55. The highest BCUT2D eigenvalue weighted by atomic mass is 32.1. The van der Waals surface area contributed by atoms with Crippen LogP contribution >= 0.6 is 22.7 Å². The van der Waals surface area contributed by atoms with Crippen LogP contribution < -0.4 is 10.2 Å². The fraction of sp³-hybridized carbons (Fsp3) is 0.308. The lowest BCUT2D eigenvalue weighted by Crippen LogP contribution is -2.43. The van der Waals surface area contributed by atoms with Crippen molar-refractivity contribution in [2.45, 2.75) is 25.3 Å². The van der Waals surface area contributed by atoms with Crippen LogP contribution in [0.1, 0.15) is 28.9 Å². The minimum absolute atomic E-state index is 0.0607. The Hall–Kier alpha value is -3.34. The van der Waals surface area contributed by atoms with E-state index in [1.165, 1.54) is 22.7 Å². The van der Waals surface area contributed by atoms with Crippen LogP contribution in [0.5, 0.6) is 0 Å². The van der Waals surface area contributed by atoms with E-state index in [0.717, 1.165) is 43.6 Å². The van der Waals surface area contributed by atoms with Crippen LogP contribution in [0.4, 0.5) is 5.13 Å². The molecule has 5 rings (SSSR count). The van der Waals surface area contributed by atoms with Crippen LogP contribution in [0, 0.1) is 0 Å². The molecule has 1 fully saturated rings. The Morgan fingerprint density at radius 1 is 1.17 bits per heavy atom. The average molecular weight is 522 g/mol. The van der Waals surface area contributed by atoms with E-state index in [-0.39, 0.29) is 17.9 Å². The summed E-state index contributed by atoms with van der Waals surface area (Å²) in [5.41, 5.74) is 2.35. The molecule has 186 valence electrons. The molecule has 36 heavy (non-hydrogen) atoms. The van der Waals surface area contributed by atoms with Gasteiger partial charge in [-0.05, 0) is 37.3 Å². The van der Waals surface area contributed by atoms with Gasteiger partial charge in [0.25, 0.3) is 5.91 Å². The van der Waals surface area contributed by atoms with Gasteiger partial charge in [0, 0.05) is 37.1 Å². The Balaban J connectivity index is 1.32. The summed E-state index contributed by atoms with van der Waals surface area (Å²) in [4.78, 5) is 34.9. The van der Waals surface area contributed by atoms with Gasteiger partial charge in [0.1, 0.15) is 11.4 Å². The molecule has 1 atom stereocenters. The summed E-state index contributed by atoms with van der Waals surface area (Å²) in [6, 6.07) is 15.3. The van der Waals surface area contributed by atoms with Crippen molar-refractivity contribution in [3.8, 4) is 22.7 Å². The first kappa shape index (κ1) is 24.4. The largest absolute Gasteiger partial charge is 0.358 e. The zero-order chi connectivity index (χ0) is 24.9. The third-order valence-corrected chi connectivity index (χ3v) is 7.99. The fourth-order valence-electron chi connectivity index (χ4n) is 4.45. The molecule has 1 aliphatic heterocycles. The minimum atomic E-state index is -0.0897. The van der Waals surface area contributed by atoms with E-state index in [0.29, 0.717) is 28.0 Å². The number of amides is 2. The molecule has 0 spiro atoms. The highest BCUT2D eigenvalue weighted by molar-refractivity contribution is 7.14. The number of nitrogens with one attached hydrogen (secondary N) is 1. The van der Waals surface area contributed by atoms with Crippen molar-refractivity contribution in [2.24, 2.45) is 0 Å². The summed E-state index contributed by atoms with van der Waals surface area (Å²) in [6.07, 6.45) is 2.61. The molecular weight excluding hydrogens is 494 g/mol. The molecule has 1 N–H and O–H groups in total. The van der Waals surface area contributed by atoms with Crippen molar-refractivity contribution < 1.29 is 14.1 Å². The fourth-order valence-corrected chi connectivity index (χ4v) is 5.96. The zero-order valence-corrected chi connectivity index (χ0v) is 21.6. The van der Waals surface area contributed by atoms with Gasteiger partial charge in [-0.1, -0.05) is 41.6 Å². The monoisotopic (exact) mass is 521 g/mol. The summed E-state index contributed by atoms with van der Waals surface area (Å²) in [6.45, 7) is 2.15. The predicted molar refractivity (Wildman–Crippen MR) is 142 cm³/mol. The molecule has 0 bridgehead atoms.